The first-order chi connectivity index (χ1) is 15.6. The molecule has 0 unspecified atom stereocenters. The first-order valence-corrected chi connectivity index (χ1v) is 11.7. The van der Waals surface area contributed by atoms with Crippen LogP contribution in [0.1, 0.15) is 48.9 Å². The second-order valence-corrected chi connectivity index (χ2v) is 9.43. The van der Waals surface area contributed by atoms with Gasteiger partial charge in [0.1, 0.15) is 5.82 Å². The molecule has 2 aliphatic rings. The summed E-state index contributed by atoms with van der Waals surface area (Å²) in [4.78, 5) is 19.6. The molecule has 9 heteroatoms. The average molecular weight is 505 g/mol. The van der Waals surface area contributed by atoms with Gasteiger partial charge in [0.25, 0.3) is 5.91 Å². The summed E-state index contributed by atoms with van der Waals surface area (Å²) in [5.74, 6) is 1.65. The number of anilines is 1. The fraction of sp³-hybridized carbons (Fsp3) is 0.480. The third-order valence-electron chi connectivity index (χ3n) is 6.78. The van der Waals surface area contributed by atoms with Crippen LogP contribution in [0.4, 0.5) is 5.82 Å². The van der Waals surface area contributed by atoms with E-state index in [1.165, 1.54) is 25.7 Å². The van der Waals surface area contributed by atoms with Gasteiger partial charge in [0.2, 0.25) is 0 Å². The molecule has 184 valence electrons. The maximum absolute atomic E-state index is 12.9. The van der Waals surface area contributed by atoms with Crippen molar-refractivity contribution >= 4 is 42.2 Å². The van der Waals surface area contributed by atoms with Crippen molar-refractivity contribution < 1.29 is 4.79 Å². The molecule has 0 radical (unpaired) electrons. The number of hydrogen-bond acceptors (Lipinski definition) is 5. The molecule has 2 N–H and O–H groups in total. The molecule has 0 spiro atoms. The van der Waals surface area contributed by atoms with Crippen molar-refractivity contribution in [1.82, 2.24) is 24.8 Å². The third kappa shape index (κ3) is 5.82. The van der Waals surface area contributed by atoms with E-state index in [9.17, 15) is 4.79 Å². The van der Waals surface area contributed by atoms with Crippen LogP contribution in [0.25, 0.3) is 16.9 Å². The predicted molar refractivity (Wildman–Crippen MR) is 141 cm³/mol. The van der Waals surface area contributed by atoms with Crippen molar-refractivity contribution in [2.24, 2.45) is 5.92 Å². The van der Waals surface area contributed by atoms with Gasteiger partial charge in [0.15, 0.2) is 5.65 Å². The lowest BCUT2D eigenvalue weighted by Crippen LogP contribution is -2.51. The SMILES string of the molecule is CN(C)[C@@H]1CCCC[C@H]1NC(=O)c1ccc(-c2cnc3ccc(NCC4CC4)nn23)cc1.Cl.Cl. The number of hydrogen-bond donors (Lipinski definition) is 2. The molecule has 0 aliphatic heterocycles. The summed E-state index contributed by atoms with van der Waals surface area (Å²) in [6, 6.07) is 12.3. The minimum Gasteiger partial charge on any atom is -0.368 e. The van der Waals surface area contributed by atoms with Crippen LogP contribution in [0, 0.1) is 5.92 Å². The van der Waals surface area contributed by atoms with Crippen molar-refractivity contribution in [2.45, 2.75) is 50.6 Å². The summed E-state index contributed by atoms with van der Waals surface area (Å²) in [7, 11) is 4.20. The average Bonchev–Trinajstić information content (AvgIpc) is 3.55. The fourth-order valence-corrected chi connectivity index (χ4v) is 4.68. The Labute approximate surface area is 213 Å². The molecule has 5 rings (SSSR count). The molecule has 34 heavy (non-hydrogen) atoms. The predicted octanol–water partition coefficient (Wildman–Crippen LogP) is 4.66. The zero-order valence-electron chi connectivity index (χ0n) is 19.7. The summed E-state index contributed by atoms with van der Waals surface area (Å²) in [6.45, 7) is 0.974. The number of carbonyl (C=O) groups excluding carboxylic acids is 1. The molecule has 2 saturated carbocycles. The van der Waals surface area contributed by atoms with Crippen molar-refractivity contribution in [3.63, 3.8) is 0 Å². The van der Waals surface area contributed by atoms with Crippen LogP contribution in [0.5, 0.6) is 0 Å². The van der Waals surface area contributed by atoms with Crippen LogP contribution in [0.15, 0.2) is 42.6 Å². The van der Waals surface area contributed by atoms with Gasteiger partial charge in [-0.3, -0.25) is 4.79 Å². The first kappa shape index (κ1) is 26.3. The van der Waals surface area contributed by atoms with Crippen molar-refractivity contribution in [3.8, 4) is 11.3 Å². The molecular weight excluding hydrogens is 471 g/mol. The van der Waals surface area contributed by atoms with E-state index in [0.717, 1.165) is 48.0 Å². The molecule has 1 aromatic carbocycles. The number of imidazole rings is 1. The Morgan fingerprint density at radius 1 is 1.03 bits per heavy atom. The number of fused-ring (bicyclic) bond motifs is 1. The number of carbonyl (C=O) groups is 1. The Balaban J connectivity index is 0.00000162. The van der Waals surface area contributed by atoms with Gasteiger partial charge < -0.3 is 15.5 Å². The smallest absolute Gasteiger partial charge is 0.251 e. The van der Waals surface area contributed by atoms with E-state index in [1.54, 1.807) is 0 Å². The van der Waals surface area contributed by atoms with E-state index in [1.807, 2.05) is 47.1 Å². The molecule has 2 aromatic heterocycles. The second kappa shape index (κ2) is 11.4. The number of amides is 1. The molecule has 2 aliphatic carbocycles. The summed E-state index contributed by atoms with van der Waals surface area (Å²) in [6.07, 6.45) is 9.03. The van der Waals surface area contributed by atoms with Crippen molar-refractivity contribution in [1.29, 1.82) is 0 Å². The summed E-state index contributed by atoms with van der Waals surface area (Å²) in [5, 5.41) is 11.4. The minimum absolute atomic E-state index is 0. The van der Waals surface area contributed by atoms with Gasteiger partial charge in [0, 0.05) is 29.8 Å². The van der Waals surface area contributed by atoms with E-state index >= 15 is 0 Å². The highest BCUT2D eigenvalue weighted by Crippen LogP contribution is 2.29. The summed E-state index contributed by atoms with van der Waals surface area (Å²) < 4.78 is 1.87. The van der Waals surface area contributed by atoms with Gasteiger partial charge in [-0.25, -0.2) is 9.50 Å². The molecule has 7 nitrogen and oxygen atoms in total. The van der Waals surface area contributed by atoms with Crippen LogP contribution in [0.2, 0.25) is 0 Å². The lowest BCUT2D eigenvalue weighted by Gasteiger charge is -2.36. The minimum atomic E-state index is -0.00173. The largest absolute Gasteiger partial charge is 0.368 e. The van der Waals surface area contributed by atoms with Gasteiger partial charge in [-0.1, -0.05) is 25.0 Å². The highest BCUT2D eigenvalue weighted by atomic mass is 35.5. The molecule has 1 amide bonds. The number of nitrogens with zero attached hydrogens (tertiary/aromatic N) is 4. The normalized spacial score (nSPS) is 19.9. The number of aromatic nitrogens is 3. The van der Waals surface area contributed by atoms with E-state index in [4.69, 9.17) is 5.10 Å². The van der Waals surface area contributed by atoms with Gasteiger partial charge >= 0.3 is 0 Å². The van der Waals surface area contributed by atoms with E-state index < -0.39 is 0 Å². The van der Waals surface area contributed by atoms with E-state index in [0.29, 0.717) is 11.6 Å². The molecule has 2 atom stereocenters. The van der Waals surface area contributed by atoms with E-state index in [2.05, 4.69) is 34.6 Å². The van der Waals surface area contributed by atoms with Gasteiger partial charge in [0.05, 0.1) is 11.9 Å². The van der Waals surface area contributed by atoms with Crippen LogP contribution in [0.3, 0.4) is 0 Å². The molecule has 2 fully saturated rings. The lowest BCUT2D eigenvalue weighted by atomic mass is 9.89. The highest BCUT2D eigenvalue weighted by molar-refractivity contribution is 5.95. The second-order valence-electron chi connectivity index (χ2n) is 9.43. The van der Waals surface area contributed by atoms with Crippen LogP contribution in [-0.4, -0.2) is 58.1 Å². The van der Waals surface area contributed by atoms with Crippen LogP contribution >= 0.6 is 24.8 Å². The fourth-order valence-electron chi connectivity index (χ4n) is 4.68. The third-order valence-corrected chi connectivity index (χ3v) is 6.78. The van der Waals surface area contributed by atoms with Crippen LogP contribution in [-0.2, 0) is 0 Å². The van der Waals surface area contributed by atoms with Gasteiger partial charge in [-0.05, 0) is 70.0 Å². The Morgan fingerprint density at radius 3 is 2.47 bits per heavy atom. The zero-order chi connectivity index (χ0) is 22.1. The Bertz CT molecular complexity index is 1100. The van der Waals surface area contributed by atoms with Crippen molar-refractivity contribution in [3.05, 3.63) is 48.2 Å². The quantitative estimate of drug-likeness (QED) is 0.489. The Hall–Kier alpha value is -2.35. The number of nitrogens with one attached hydrogen (secondary N) is 2. The summed E-state index contributed by atoms with van der Waals surface area (Å²) >= 11 is 0. The molecule has 3 aromatic rings. The molecule has 2 heterocycles. The van der Waals surface area contributed by atoms with Crippen LogP contribution < -0.4 is 10.6 Å². The number of halogens is 2. The maximum atomic E-state index is 12.9. The highest BCUT2D eigenvalue weighted by Gasteiger charge is 2.28. The Kier molecular flexibility index (Phi) is 8.79. The van der Waals surface area contributed by atoms with Crippen molar-refractivity contribution in [2.75, 3.05) is 26.0 Å². The lowest BCUT2D eigenvalue weighted by molar-refractivity contribution is 0.0883. The first-order valence-electron chi connectivity index (χ1n) is 11.7. The topological polar surface area (TPSA) is 74.6 Å². The van der Waals surface area contributed by atoms with E-state index in [-0.39, 0.29) is 36.8 Å². The van der Waals surface area contributed by atoms with Gasteiger partial charge in [-0.15, -0.1) is 29.9 Å². The summed E-state index contributed by atoms with van der Waals surface area (Å²) in [5.41, 5.74) is 3.41. The maximum Gasteiger partial charge on any atom is 0.251 e. The Morgan fingerprint density at radius 2 is 1.76 bits per heavy atom. The number of benzene rings is 1. The van der Waals surface area contributed by atoms with Gasteiger partial charge in [-0.2, -0.15) is 0 Å². The molecule has 0 saturated heterocycles. The molecule has 0 bridgehead atoms. The monoisotopic (exact) mass is 504 g/mol. The molecular formula is C25H34Cl2N6O. The zero-order valence-corrected chi connectivity index (χ0v) is 21.4. The number of likely N-dealkylation sites (N-methyl/N-ethyl adjacent to an activating group) is 1. The standard InChI is InChI=1S/C25H32N6O.2ClH/c1-30(2)21-6-4-3-5-20(21)28-25(32)19-11-9-18(10-12-19)22-16-27-24-14-13-23(29-31(22)24)26-15-17-7-8-17;;/h9-14,16-17,20-21H,3-8,15H2,1-2H3,(H,26,29)(H,28,32);2*1H/t20-,21-;;/m1../s1. The number of rotatable bonds is 7.